The maximum absolute atomic E-state index is 11.2. The molecule has 0 unspecified atom stereocenters. The lowest BCUT2D eigenvalue weighted by molar-refractivity contribution is 0.541. The van der Waals surface area contributed by atoms with Gasteiger partial charge in [-0.15, -0.1) is 0 Å². The average Bonchev–Trinajstić information content (AvgIpc) is 1.91. The molecule has 0 aliphatic rings. The van der Waals surface area contributed by atoms with E-state index >= 15 is 0 Å². The molecule has 2 heteroatoms. The highest BCUT2D eigenvalue weighted by atomic mass is 19.2. The molecular formula is C7H6FN. The van der Waals surface area contributed by atoms with E-state index in [2.05, 4.69) is 5.21 Å². The summed E-state index contributed by atoms with van der Waals surface area (Å²) in [7, 11) is 0. The van der Waals surface area contributed by atoms with E-state index in [0.29, 0.717) is 0 Å². The number of rotatable bonds is 1. The summed E-state index contributed by atoms with van der Waals surface area (Å²) in [6.45, 7) is 0. The van der Waals surface area contributed by atoms with Crippen LogP contribution in [-0.2, 0) is 0 Å². The van der Waals surface area contributed by atoms with Crippen molar-refractivity contribution in [3.05, 3.63) is 35.9 Å². The smallest absolute Gasteiger partial charge is 0.0671 e. The van der Waals surface area contributed by atoms with Gasteiger partial charge in [0.2, 0.25) is 0 Å². The first-order valence-corrected chi connectivity index (χ1v) is 2.63. The topological polar surface area (TPSA) is 12.4 Å². The lowest BCUT2D eigenvalue weighted by Crippen LogP contribution is -1.74. The summed E-state index contributed by atoms with van der Waals surface area (Å²) in [6.07, 6.45) is 1.17. The molecule has 46 valence electrons. The van der Waals surface area contributed by atoms with E-state index in [4.69, 9.17) is 0 Å². The Morgan fingerprint density at radius 1 is 1.22 bits per heavy atom. The molecule has 0 fully saturated rings. The van der Waals surface area contributed by atoms with Crippen LogP contribution in [0.3, 0.4) is 0 Å². The van der Waals surface area contributed by atoms with Gasteiger partial charge < -0.3 is 0 Å². The van der Waals surface area contributed by atoms with Crippen molar-refractivity contribution in [2.75, 3.05) is 0 Å². The van der Waals surface area contributed by atoms with Gasteiger partial charge in [0.1, 0.15) is 0 Å². The molecule has 1 rings (SSSR count). The summed E-state index contributed by atoms with van der Waals surface area (Å²) in [4.78, 5) is 0. The van der Waals surface area contributed by atoms with Gasteiger partial charge in [0.15, 0.2) is 0 Å². The summed E-state index contributed by atoms with van der Waals surface area (Å²) in [5.41, 5.74) is 0.778. The van der Waals surface area contributed by atoms with Crippen LogP contribution in [0, 0.1) is 0 Å². The van der Waals surface area contributed by atoms with Crippen molar-refractivity contribution < 1.29 is 4.48 Å². The standard InChI is InChI=1S/C7H6FN/c8-9-6-7-4-2-1-3-5-7/h1-6H/b9-6+. The lowest BCUT2D eigenvalue weighted by atomic mass is 10.2. The average molecular weight is 123 g/mol. The van der Waals surface area contributed by atoms with Crippen LogP contribution in [0.15, 0.2) is 35.5 Å². The van der Waals surface area contributed by atoms with Crippen LogP contribution in [0.25, 0.3) is 0 Å². The number of halogens is 1. The molecule has 9 heavy (non-hydrogen) atoms. The van der Waals surface area contributed by atoms with Gasteiger partial charge in [-0.3, -0.25) is 0 Å². The van der Waals surface area contributed by atoms with Crippen molar-refractivity contribution in [1.29, 1.82) is 0 Å². The first-order valence-electron chi connectivity index (χ1n) is 2.63. The summed E-state index contributed by atoms with van der Waals surface area (Å²) >= 11 is 0. The molecule has 0 atom stereocenters. The Balaban J connectivity index is 2.85. The normalized spacial score (nSPS) is 10.3. The largest absolute Gasteiger partial charge is 0.0950 e. The first-order chi connectivity index (χ1) is 4.43. The minimum Gasteiger partial charge on any atom is -0.0950 e. The molecule has 0 saturated heterocycles. The summed E-state index contributed by atoms with van der Waals surface area (Å²) in [5.74, 6) is 0. The van der Waals surface area contributed by atoms with E-state index in [1.807, 2.05) is 18.2 Å². The van der Waals surface area contributed by atoms with Crippen LogP contribution in [0.4, 0.5) is 4.48 Å². The van der Waals surface area contributed by atoms with E-state index in [1.54, 1.807) is 12.1 Å². The van der Waals surface area contributed by atoms with Crippen LogP contribution < -0.4 is 0 Å². The third-order valence-corrected chi connectivity index (χ3v) is 0.997. The number of nitrogens with zero attached hydrogens (tertiary/aromatic N) is 1. The fraction of sp³-hybridized carbons (Fsp3) is 0. The van der Waals surface area contributed by atoms with E-state index in [0.717, 1.165) is 5.56 Å². The van der Waals surface area contributed by atoms with Gasteiger partial charge in [0.25, 0.3) is 0 Å². The quantitative estimate of drug-likeness (QED) is 0.506. The number of benzene rings is 1. The van der Waals surface area contributed by atoms with Gasteiger partial charge in [-0.25, -0.2) is 0 Å². The molecule has 0 aliphatic heterocycles. The molecule has 0 aromatic heterocycles. The molecule has 1 aromatic rings. The maximum Gasteiger partial charge on any atom is 0.0671 e. The van der Waals surface area contributed by atoms with Crippen LogP contribution in [0.2, 0.25) is 0 Å². The minimum atomic E-state index is 0.778. The van der Waals surface area contributed by atoms with Gasteiger partial charge in [0, 0.05) is 0 Å². The van der Waals surface area contributed by atoms with E-state index < -0.39 is 0 Å². The highest BCUT2D eigenvalue weighted by molar-refractivity contribution is 5.78. The Morgan fingerprint density at radius 2 is 1.89 bits per heavy atom. The zero-order chi connectivity index (χ0) is 6.53. The summed E-state index contributed by atoms with van der Waals surface area (Å²) in [6, 6.07) is 9.09. The van der Waals surface area contributed by atoms with Gasteiger partial charge in [0.05, 0.1) is 6.21 Å². The number of hydrogen-bond donors (Lipinski definition) is 0. The highest BCUT2D eigenvalue weighted by Crippen LogP contribution is 1.93. The molecule has 0 saturated carbocycles. The van der Waals surface area contributed by atoms with Crippen LogP contribution in [-0.4, -0.2) is 6.21 Å². The summed E-state index contributed by atoms with van der Waals surface area (Å²) < 4.78 is 11.2. The van der Waals surface area contributed by atoms with E-state index in [9.17, 15) is 4.48 Å². The van der Waals surface area contributed by atoms with Crippen LogP contribution in [0.5, 0.6) is 0 Å². The predicted octanol–water partition coefficient (Wildman–Crippen LogP) is 1.99. The van der Waals surface area contributed by atoms with Gasteiger partial charge in [-0.1, -0.05) is 40.0 Å². The molecule has 0 heterocycles. The third-order valence-electron chi connectivity index (χ3n) is 0.997. The number of hydrogen-bond acceptors (Lipinski definition) is 1. The second-order valence-electron chi connectivity index (χ2n) is 1.64. The van der Waals surface area contributed by atoms with Crippen molar-refractivity contribution >= 4 is 6.21 Å². The Hall–Kier alpha value is -1.18. The van der Waals surface area contributed by atoms with Crippen molar-refractivity contribution in [2.45, 2.75) is 0 Å². The second kappa shape index (κ2) is 2.97. The molecular weight excluding hydrogens is 117 g/mol. The fourth-order valence-corrected chi connectivity index (χ4v) is 0.595. The zero-order valence-corrected chi connectivity index (χ0v) is 4.79. The molecule has 1 aromatic carbocycles. The summed E-state index contributed by atoms with van der Waals surface area (Å²) in [5, 5.41) is 2.38. The lowest BCUT2D eigenvalue weighted by Gasteiger charge is -1.84. The van der Waals surface area contributed by atoms with Crippen LogP contribution in [0.1, 0.15) is 5.56 Å². The Kier molecular flexibility index (Phi) is 1.96. The molecule has 0 amide bonds. The molecule has 0 aliphatic carbocycles. The predicted molar refractivity (Wildman–Crippen MR) is 35.1 cm³/mol. The molecule has 0 radical (unpaired) electrons. The molecule has 1 nitrogen and oxygen atoms in total. The van der Waals surface area contributed by atoms with Crippen molar-refractivity contribution in [1.82, 2.24) is 0 Å². The monoisotopic (exact) mass is 123 g/mol. The van der Waals surface area contributed by atoms with E-state index in [-0.39, 0.29) is 0 Å². The first kappa shape index (κ1) is 5.95. The fourth-order valence-electron chi connectivity index (χ4n) is 0.595. The van der Waals surface area contributed by atoms with Crippen molar-refractivity contribution in [3.8, 4) is 0 Å². The third kappa shape index (κ3) is 1.64. The minimum absolute atomic E-state index is 0.778. The molecule has 0 N–H and O–H groups in total. The Morgan fingerprint density at radius 3 is 2.44 bits per heavy atom. The van der Waals surface area contributed by atoms with Crippen molar-refractivity contribution in [3.63, 3.8) is 0 Å². The van der Waals surface area contributed by atoms with Crippen molar-refractivity contribution in [2.24, 2.45) is 5.21 Å². The highest BCUT2D eigenvalue weighted by Gasteiger charge is 1.80. The van der Waals surface area contributed by atoms with Gasteiger partial charge in [-0.05, 0) is 5.56 Å². The van der Waals surface area contributed by atoms with Crippen LogP contribution >= 0.6 is 0 Å². The second-order valence-corrected chi connectivity index (χ2v) is 1.64. The maximum atomic E-state index is 11.2. The van der Waals surface area contributed by atoms with Gasteiger partial charge >= 0.3 is 0 Å². The molecule has 0 spiro atoms. The SMILES string of the molecule is F/N=C/c1ccccc1. The van der Waals surface area contributed by atoms with E-state index in [1.165, 1.54) is 6.21 Å². The molecule has 0 bridgehead atoms. The van der Waals surface area contributed by atoms with Gasteiger partial charge in [-0.2, -0.15) is 0 Å². The Bertz CT molecular complexity index is 193. The Labute approximate surface area is 52.8 Å². The zero-order valence-electron chi connectivity index (χ0n) is 4.79.